The summed E-state index contributed by atoms with van der Waals surface area (Å²) in [7, 11) is -0.0193. The Balaban J connectivity index is 1.56. The zero-order valence-electron chi connectivity index (χ0n) is 18.5. The van der Waals surface area contributed by atoms with E-state index in [1.165, 1.54) is 16.1 Å². The van der Waals surface area contributed by atoms with Gasteiger partial charge in [0.15, 0.2) is 5.96 Å². The quantitative estimate of drug-likeness (QED) is 0.507. The van der Waals surface area contributed by atoms with Crippen LogP contribution in [0.15, 0.2) is 46.1 Å². The molecule has 0 saturated carbocycles. The van der Waals surface area contributed by atoms with Crippen molar-refractivity contribution in [1.82, 2.24) is 19.7 Å². The molecule has 0 bridgehead atoms. The van der Waals surface area contributed by atoms with Crippen molar-refractivity contribution in [2.24, 2.45) is 4.99 Å². The lowest BCUT2D eigenvalue weighted by Crippen LogP contribution is -2.55. The Morgan fingerprint density at radius 1 is 1.26 bits per heavy atom. The van der Waals surface area contributed by atoms with Crippen LogP contribution in [0.2, 0.25) is 0 Å². The number of nitrogens with one attached hydrogen (secondary N) is 1. The molecule has 170 valence electrons. The van der Waals surface area contributed by atoms with Gasteiger partial charge >= 0.3 is 0 Å². The molecule has 10 heteroatoms. The molecule has 9 nitrogen and oxygen atoms in total. The van der Waals surface area contributed by atoms with Crippen molar-refractivity contribution < 1.29 is 17.7 Å². The molecule has 1 aromatic heterocycles. The highest BCUT2D eigenvalue weighted by molar-refractivity contribution is 7.88. The van der Waals surface area contributed by atoms with Crippen LogP contribution >= 0.6 is 0 Å². The fourth-order valence-corrected chi connectivity index (χ4v) is 4.97. The van der Waals surface area contributed by atoms with E-state index in [0.717, 1.165) is 11.7 Å². The molecule has 0 unspecified atom stereocenters. The van der Waals surface area contributed by atoms with Crippen LogP contribution in [-0.2, 0) is 21.2 Å². The Bertz CT molecular complexity index is 981. The standard InChI is InChI=1S/C21H31N5O4S/c1-21(2,17-6-5-7-19(14-17)29-4)16-23-20(22-3)25-9-11-26(12-10-25)31(27,28)15-18-8-13-30-24-18/h5-8,13-14H,9-12,15-16H2,1-4H3,(H,22,23). The summed E-state index contributed by atoms with van der Waals surface area (Å²) in [5.41, 5.74) is 1.44. The number of hydrogen-bond donors (Lipinski definition) is 1. The molecule has 1 N–H and O–H groups in total. The number of nitrogens with zero attached hydrogens (tertiary/aromatic N) is 4. The van der Waals surface area contributed by atoms with Gasteiger partial charge in [-0.15, -0.1) is 0 Å². The van der Waals surface area contributed by atoms with Crippen molar-refractivity contribution in [1.29, 1.82) is 0 Å². The lowest BCUT2D eigenvalue weighted by atomic mass is 9.84. The first-order chi connectivity index (χ1) is 14.7. The largest absolute Gasteiger partial charge is 0.497 e. The van der Waals surface area contributed by atoms with Crippen LogP contribution in [0.1, 0.15) is 25.1 Å². The minimum atomic E-state index is -3.43. The maximum Gasteiger partial charge on any atom is 0.220 e. The van der Waals surface area contributed by atoms with Crippen LogP contribution in [0.4, 0.5) is 0 Å². The molecule has 0 radical (unpaired) electrons. The highest BCUT2D eigenvalue weighted by Gasteiger charge is 2.30. The zero-order valence-corrected chi connectivity index (χ0v) is 19.4. The summed E-state index contributed by atoms with van der Waals surface area (Å²) in [6, 6.07) is 9.63. The predicted octanol–water partition coefficient (Wildman–Crippen LogP) is 1.68. The molecule has 0 aliphatic carbocycles. The normalized spacial score (nSPS) is 16.4. The number of rotatable bonds is 7. The van der Waals surface area contributed by atoms with Crippen LogP contribution in [0, 0.1) is 0 Å². The maximum absolute atomic E-state index is 12.6. The summed E-state index contributed by atoms with van der Waals surface area (Å²) < 4.78 is 36.9. The Morgan fingerprint density at radius 2 is 2.00 bits per heavy atom. The molecule has 1 saturated heterocycles. The minimum absolute atomic E-state index is 0.146. The minimum Gasteiger partial charge on any atom is -0.497 e. The van der Waals surface area contributed by atoms with E-state index in [9.17, 15) is 8.42 Å². The second-order valence-electron chi connectivity index (χ2n) is 8.15. The van der Waals surface area contributed by atoms with Gasteiger partial charge in [-0.25, -0.2) is 8.42 Å². The highest BCUT2D eigenvalue weighted by atomic mass is 32.2. The first-order valence-corrected chi connectivity index (χ1v) is 11.8. The number of aliphatic imine (C=N–C) groups is 1. The Hall–Kier alpha value is -2.59. The predicted molar refractivity (Wildman–Crippen MR) is 120 cm³/mol. The van der Waals surface area contributed by atoms with Crippen LogP contribution in [0.25, 0.3) is 0 Å². The number of benzene rings is 1. The van der Waals surface area contributed by atoms with E-state index in [0.29, 0.717) is 38.4 Å². The van der Waals surface area contributed by atoms with Gasteiger partial charge < -0.3 is 19.5 Å². The van der Waals surface area contributed by atoms with E-state index in [4.69, 9.17) is 9.26 Å². The molecular weight excluding hydrogens is 418 g/mol. The van der Waals surface area contributed by atoms with Gasteiger partial charge in [0.25, 0.3) is 0 Å². The summed E-state index contributed by atoms with van der Waals surface area (Å²) in [6.45, 7) is 6.94. The molecule has 2 aromatic rings. The third kappa shape index (κ3) is 5.76. The van der Waals surface area contributed by atoms with Gasteiger partial charge in [-0.2, -0.15) is 4.31 Å². The number of ether oxygens (including phenoxy) is 1. The number of guanidine groups is 1. The number of aromatic nitrogens is 1. The molecule has 0 spiro atoms. The van der Waals surface area contributed by atoms with Gasteiger partial charge in [-0.05, 0) is 17.7 Å². The monoisotopic (exact) mass is 449 g/mol. The lowest BCUT2D eigenvalue weighted by Gasteiger charge is -2.37. The van der Waals surface area contributed by atoms with Gasteiger partial charge in [-0.3, -0.25) is 4.99 Å². The molecule has 3 rings (SSSR count). The Labute approximate surface area is 184 Å². The van der Waals surface area contributed by atoms with Crippen molar-refractivity contribution in [3.8, 4) is 5.75 Å². The lowest BCUT2D eigenvalue weighted by molar-refractivity contribution is 0.258. The smallest absolute Gasteiger partial charge is 0.220 e. The third-order valence-corrected chi connectivity index (χ3v) is 7.32. The number of methoxy groups -OCH3 is 1. The zero-order chi connectivity index (χ0) is 22.5. The van der Waals surface area contributed by atoms with E-state index >= 15 is 0 Å². The van der Waals surface area contributed by atoms with Gasteiger partial charge in [-0.1, -0.05) is 31.1 Å². The van der Waals surface area contributed by atoms with Crippen molar-refractivity contribution in [3.63, 3.8) is 0 Å². The van der Waals surface area contributed by atoms with E-state index < -0.39 is 10.0 Å². The topological polar surface area (TPSA) is 100 Å². The fourth-order valence-electron chi connectivity index (χ4n) is 3.55. The first kappa shape index (κ1) is 23.1. The molecule has 0 amide bonds. The van der Waals surface area contributed by atoms with Crippen molar-refractivity contribution >= 4 is 16.0 Å². The van der Waals surface area contributed by atoms with Crippen molar-refractivity contribution in [2.45, 2.75) is 25.0 Å². The molecule has 0 atom stereocenters. The molecule has 1 aromatic carbocycles. The van der Waals surface area contributed by atoms with Gasteiger partial charge in [0.2, 0.25) is 10.0 Å². The first-order valence-electron chi connectivity index (χ1n) is 10.2. The van der Waals surface area contributed by atoms with Gasteiger partial charge in [0.1, 0.15) is 17.8 Å². The second kappa shape index (κ2) is 9.69. The summed E-state index contributed by atoms with van der Waals surface area (Å²) in [6.07, 6.45) is 1.38. The Kier molecular flexibility index (Phi) is 7.22. The highest BCUT2D eigenvalue weighted by Crippen LogP contribution is 2.26. The molecule has 1 fully saturated rings. The fraction of sp³-hybridized carbons (Fsp3) is 0.524. The molecule has 31 heavy (non-hydrogen) atoms. The average molecular weight is 450 g/mol. The molecule has 1 aliphatic heterocycles. The van der Waals surface area contributed by atoms with Crippen LogP contribution < -0.4 is 10.1 Å². The number of hydrogen-bond acceptors (Lipinski definition) is 6. The van der Waals surface area contributed by atoms with E-state index in [2.05, 4.69) is 40.3 Å². The third-order valence-electron chi connectivity index (χ3n) is 5.50. The van der Waals surface area contributed by atoms with E-state index in [1.807, 2.05) is 18.2 Å². The van der Waals surface area contributed by atoms with Crippen LogP contribution in [0.3, 0.4) is 0 Å². The second-order valence-corrected chi connectivity index (χ2v) is 10.1. The van der Waals surface area contributed by atoms with Crippen LogP contribution in [0.5, 0.6) is 5.75 Å². The van der Waals surface area contributed by atoms with Crippen LogP contribution in [-0.4, -0.2) is 75.6 Å². The average Bonchev–Trinajstić information content (AvgIpc) is 3.27. The molecule has 2 heterocycles. The van der Waals surface area contributed by atoms with Crippen molar-refractivity contribution in [3.05, 3.63) is 47.9 Å². The molecule has 1 aliphatic rings. The van der Waals surface area contributed by atoms with Gasteiger partial charge in [0.05, 0.1) is 12.8 Å². The number of piperazine rings is 1. The maximum atomic E-state index is 12.6. The summed E-state index contributed by atoms with van der Waals surface area (Å²) >= 11 is 0. The van der Waals surface area contributed by atoms with Crippen molar-refractivity contribution in [2.75, 3.05) is 46.9 Å². The SMILES string of the molecule is CN=C(NCC(C)(C)c1cccc(OC)c1)N1CCN(S(=O)(=O)Cc2ccon2)CC1. The van der Waals surface area contributed by atoms with E-state index in [1.54, 1.807) is 20.2 Å². The molecular formula is C21H31N5O4S. The van der Waals surface area contributed by atoms with Gasteiger partial charge in [0, 0.05) is 51.3 Å². The summed E-state index contributed by atoms with van der Waals surface area (Å²) in [4.78, 5) is 6.49. The number of sulfonamides is 1. The van der Waals surface area contributed by atoms with E-state index in [-0.39, 0.29) is 11.2 Å². The summed E-state index contributed by atoms with van der Waals surface area (Å²) in [5.74, 6) is 1.45. The Morgan fingerprint density at radius 3 is 2.61 bits per heavy atom. The summed E-state index contributed by atoms with van der Waals surface area (Å²) in [5, 5.41) is 7.16.